The summed E-state index contributed by atoms with van der Waals surface area (Å²) in [5.74, 6) is -4.88. The summed E-state index contributed by atoms with van der Waals surface area (Å²) < 4.78 is 54.7. The molecule has 0 unspecified atom stereocenters. The fourth-order valence-electron chi connectivity index (χ4n) is 7.23. The zero-order chi connectivity index (χ0) is 46.5. The lowest BCUT2D eigenvalue weighted by Gasteiger charge is -2.28. The minimum Gasteiger partial charge on any atom is -0.459 e. The Kier molecular flexibility index (Phi) is 14.8. The van der Waals surface area contributed by atoms with Gasteiger partial charge < -0.3 is 42.6 Å². The molecule has 0 bridgehead atoms. The fraction of sp³-hybridized carbons (Fsp3) is 0.192. The van der Waals surface area contributed by atoms with Crippen LogP contribution in [0.4, 0.5) is 0 Å². The van der Waals surface area contributed by atoms with E-state index in [4.69, 9.17) is 42.6 Å². The zero-order valence-electron chi connectivity index (χ0n) is 35.5. The van der Waals surface area contributed by atoms with Gasteiger partial charge in [0, 0.05) is 0 Å². The van der Waals surface area contributed by atoms with Gasteiger partial charge in [0.05, 0.1) is 33.4 Å². The van der Waals surface area contributed by atoms with Crippen molar-refractivity contribution in [3.05, 3.63) is 215 Å². The van der Waals surface area contributed by atoms with Gasteiger partial charge in [0.2, 0.25) is 12.6 Å². The third-order valence-corrected chi connectivity index (χ3v) is 10.6. The lowest BCUT2D eigenvalue weighted by Crippen LogP contribution is -2.46. The molecule has 0 spiro atoms. The van der Waals surface area contributed by atoms with E-state index in [-0.39, 0.29) is 33.4 Å². The number of rotatable bonds is 16. The Hall–Kier alpha value is -7.98. The largest absolute Gasteiger partial charge is 0.459 e. The van der Waals surface area contributed by atoms with Gasteiger partial charge in [-0.3, -0.25) is 0 Å². The average Bonchev–Trinajstić information content (AvgIpc) is 3.87. The number of benzene rings is 6. The van der Waals surface area contributed by atoms with Crippen LogP contribution in [0.15, 0.2) is 182 Å². The van der Waals surface area contributed by atoms with E-state index >= 15 is 0 Å². The number of hydrogen-bond acceptors (Lipinski definition) is 15. The molecule has 0 saturated carbocycles. The first-order valence-electron chi connectivity index (χ1n) is 21.2. The summed E-state index contributed by atoms with van der Waals surface area (Å²) in [7, 11) is 0. The Labute approximate surface area is 384 Å². The number of carbonyl (C=O) groups is 6. The summed E-state index contributed by atoms with van der Waals surface area (Å²) in [6.45, 7) is -1.07. The molecule has 2 heterocycles. The summed E-state index contributed by atoms with van der Waals surface area (Å²) in [4.78, 5) is 81.7. The molecular formula is C52H42O15. The normalized spacial score (nSPS) is 21.9. The predicted molar refractivity (Wildman–Crippen MR) is 234 cm³/mol. The Bertz CT molecular complexity index is 2430. The van der Waals surface area contributed by atoms with Crippen LogP contribution in [0.1, 0.15) is 62.1 Å². The summed E-state index contributed by atoms with van der Waals surface area (Å²) in [5, 5.41) is 0. The van der Waals surface area contributed by atoms with Crippen LogP contribution in [0.2, 0.25) is 0 Å². The molecule has 6 aromatic rings. The van der Waals surface area contributed by atoms with Crippen molar-refractivity contribution in [3.8, 4) is 0 Å². The number of ether oxygens (including phenoxy) is 9. The quantitative estimate of drug-likeness (QED) is 0.0709. The van der Waals surface area contributed by atoms with Crippen molar-refractivity contribution in [2.45, 2.75) is 49.2 Å². The van der Waals surface area contributed by atoms with Crippen molar-refractivity contribution >= 4 is 35.8 Å². The van der Waals surface area contributed by atoms with E-state index in [9.17, 15) is 28.8 Å². The lowest BCUT2D eigenvalue weighted by atomic mass is 10.1. The molecule has 340 valence electrons. The molecule has 6 aromatic carbocycles. The van der Waals surface area contributed by atoms with Crippen LogP contribution in [0.25, 0.3) is 0 Å². The molecule has 67 heavy (non-hydrogen) atoms. The highest BCUT2D eigenvalue weighted by molar-refractivity contribution is 5.92. The van der Waals surface area contributed by atoms with Crippen molar-refractivity contribution in [3.63, 3.8) is 0 Å². The minimum atomic E-state index is -1.72. The second kappa shape index (κ2) is 21.8. The van der Waals surface area contributed by atoms with E-state index in [1.165, 1.54) is 48.5 Å². The second-order valence-electron chi connectivity index (χ2n) is 15.1. The molecule has 0 radical (unpaired) electrons. The number of hydrogen-bond donors (Lipinski definition) is 0. The summed E-state index contributed by atoms with van der Waals surface area (Å²) >= 11 is 0. The molecule has 0 N–H and O–H groups in total. The standard InChI is InChI=1S/C52H42O15/c53-45(33-19-7-1-8-20-33)59-31-39-41(63-47(55)35-23-11-3-12-24-35)43(65-49(57)37-27-15-5-16-28-37)51(61-39)67-52-44(66-50(58)38-29-17-6-18-30-38)42(64-48(56)36-25-13-4-14-26-36)40(62-52)32-60-46(54)34-21-9-2-10-22-34/h1-30,39-44,51-52H,31-32H2/t39-,40+,41-,42+,43-,44+,51+,52-. The van der Waals surface area contributed by atoms with Gasteiger partial charge in [-0.15, -0.1) is 0 Å². The lowest BCUT2D eigenvalue weighted by molar-refractivity contribution is -0.269. The third kappa shape index (κ3) is 11.5. The predicted octanol–water partition coefficient (Wildman–Crippen LogP) is 7.07. The zero-order valence-corrected chi connectivity index (χ0v) is 35.5. The van der Waals surface area contributed by atoms with Gasteiger partial charge in [0.15, 0.2) is 24.4 Å². The molecule has 2 aliphatic rings. The van der Waals surface area contributed by atoms with E-state index in [0.717, 1.165) is 0 Å². The molecule has 0 aliphatic carbocycles. The minimum absolute atomic E-state index is 0.119. The Morgan fingerprint density at radius 3 is 0.791 bits per heavy atom. The topological polar surface area (TPSA) is 185 Å². The SMILES string of the molecule is O=C(OC[C@@H]1O[C@H](O[C@@H]2O[C@H](COC(=O)c3ccccc3)[C@@H](OC(=O)c3ccccc3)[C@H]2OC(=O)c2ccccc2)[C@@H](OC(=O)c2ccccc2)[C@H]1OC(=O)c1ccccc1)c1ccccc1. The van der Waals surface area contributed by atoms with Crippen molar-refractivity contribution < 1.29 is 71.4 Å². The summed E-state index contributed by atoms with van der Waals surface area (Å²) in [5.41, 5.74) is 0.957. The maximum atomic E-state index is 13.9. The first-order valence-corrected chi connectivity index (χ1v) is 21.2. The number of esters is 6. The maximum absolute atomic E-state index is 13.9. The molecule has 2 fully saturated rings. The highest BCUT2D eigenvalue weighted by Crippen LogP contribution is 2.36. The third-order valence-electron chi connectivity index (χ3n) is 10.6. The van der Waals surface area contributed by atoms with Crippen LogP contribution in [-0.2, 0) is 42.6 Å². The van der Waals surface area contributed by atoms with Gasteiger partial charge in [0.1, 0.15) is 25.4 Å². The maximum Gasteiger partial charge on any atom is 0.338 e. The van der Waals surface area contributed by atoms with Crippen molar-refractivity contribution in [1.82, 2.24) is 0 Å². The van der Waals surface area contributed by atoms with Crippen LogP contribution in [0.5, 0.6) is 0 Å². The Morgan fingerprint density at radius 1 is 0.313 bits per heavy atom. The van der Waals surface area contributed by atoms with E-state index in [1.807, 2.05) is 0 Å². The average molecular weight is 907 g/mol. The van der Waals surface area contributed by atoms with Gasteiger partial charge in [-0.2, -0.15) is 0 Å². The highest BCUT2D eigenvalue weighted by atomic mass is 16.8. The fourth-order valence-corrected chi connectivity index (χ4v) is 7.23. The smallest absolute Gasteiger partial charge is 0.338 e. The molecule has 8 rings (SSSR count). The van der Waals surface area contributed by atoms with Gasteiger partial charge in [-0.25, -0.2) is 28.8 Å². The first kappa shape index (κ1) is 45.6. The molecule has 8 atom stereocenters. The van der Waals surface area contributed by atoms with Gasteiger partial charge >= 0.3 is 35.8 Å². The monoisotopic (exact) mass is 906 g/mol. The van der Waals surface area contributed by atoms with Gasteiger partial charge in [-0.1, -0.05) is 109 Å². The molecule has 0 aromatic heterocycles. The van der Waals surface area contributed by atoms with Crippen molar-refractivity contribution in [2.24, 2.45) is 0 Å². The second-order valence-corrected chi connectivity index (χ2v) is 15.1. The molecule has 15 heteroatoms. The Morgan fingerprint density at radius 2 is 0.537 bits per heavy atom. The first-order chi connectivity index (χ1) is 32.7. The van der Waals surface area contributed by atoms with Crippen LogP contribution in [0, 0.1) is 0 Å². The van der Waals surface area contributed by atoms with Crippen LogP contribution >= 0.6 is 0 Å². The molecule has 2 aliphatic heterocycles. The van der Waals surface area contributed by atoms with Gasteiger partial charge in [-0.05, 0) is 72.8 Å². The van der Waals surface area contributed by atoms with E-state index in [0.29, 0.717) is 0 Å². The van der Waals surface area contributed by atoms with Crippen LogP contribution < -0.4 is 0 Å². The van der Waals surface area contributed by atoms with Gasteiger partial charge in [0.25, 0.3) is 0 Å². The highest BCUT2D eigenvalue weighted by Gasteiger charge is 2.57. The summed E-state index contributed by atoms with van der Waals surface area (Å²) in [6.07, 6.45) is -12.4. The molecule has 2 saturated heterocycles. The van der Waals surface area contributed by atoms with Crippen LogP contribution in [-0.4, -0.2) is 98.2 Å². The Balaban J connectivity index is 1.15. The van der Waals surface area contributed by atoms with Crippen molar-refractivity contribution in [2.75, 3.05) is 13.2 Å². The van der Waals surface area contributed by atoms with E-state index < -0.39 is 98.2 Å². The van der Waals surface area contributed by atoms with Crippen molar-refractivity contribution in [1.29, 1.82) is 0 Å². The van der Waals surface area contributed by atoms with E-state index in [2.05, 4.69) is 0 Å². The van der Waals surface area contributed by atoms with E-state index in [1.54, 1.807) is 133 Å². The number of carbonyl (C=O) groups excluding carboxylic acids is 6. The molecule has 15 nitrogen and oxygen atoms in total. The molecule has 0 amide bonds. The van der Waals surface area contributed by atoms with Crippen LogP contribution in [0.3, 0.4) is 0 Å². The molecular weight excluding hydrogens is 865 g/mol. The summed E-state index contributed by atoms with van der Waals surface area (Å²) in [6, 6.07) is 48.1.